The molecule has 17 heavy (non-hydrogen) atoms. The van der Waals surface area contributed by atoms with Crippen LogP contribution in [-0.2, 0) is 0 Å². The molecule has 4 nitrogen and oxygen atoms in total. The van der Waals surface area contributed by atoms with Crippen LogP contribution in [0.25, 0.3) is 0 Å². The molecule has 0 spiro atoms. The zero-order valence-electron chi connectivity index (χ0n) is 10.2. The molecule has 0 radical (unpaired) electrons. The van der Waals surface area contributed by atoms with Crippen LogP contribution >= 0.6 is 11.3 Å². The van der Waals surface area contributed by atoms with Gasteiger partial charge >= 0.3 is 0 Å². The molecule has 1 aromatic heterocycles. The van der Waals surface area contributed by atoms with Crippen LogP contribution in [0.15, 0.2) is 0 Å². The normalized spacial score (nSPS) is 9.65. The lowest BCUT2D eigenvalue weighted by molar-refractivity contribution is 0.750. The number of nitrogens with zero attached hydrogens (tertiary/aromatic N) is 3. The fourth-order valence-corrected chi connectivity index (χ4v) is 2.72. The highest BCUT2D eigenvalue weighted by Gasteiger charge is 2.19. The molecule has 0 saturated heterocycles. The Bertz CT molecular complexity index is 458. The lowest BCUT2D eigenvalue weighted by Gasteiger charge is -2.22. The smallest absolute Gasteiger partial charge is 0.131 e. The average Bonchev–Trinajstić information content (AvgIpc) is 2.65. The minimum atomic E-state index is 0.326. The van der Waals surface area contributed by atoms with Crippen LogP contribution in [-0.4, -0.2) is 13.1 Å². The second kappa shape index (κ2) is 6.12. The summed E-state index contributed by atoms with van der Waals surface area (Å²) in [7, 11) is 0. The molecule has 0 aliphatic heterocycles. The van der Waals surface area contributed by atoms with Gasteiger partial charge in [0.25, 0.3) is 0 Å². The predicted octanol–water partition coefficient (Wildman–Crippen LogP) is 2.70. The number of rotatable bonds is 5. The number of nitrogens with two attached hydrogens (primary N) is 1. The maximum atomic E-state index is 9.13. The zero-order chi connectivity index (χ0) is 12.8. The Labute approximate surface area is 106 Å². The summed E-state index contributed by atoms with van der Waals surface area (Å²) in [5, 5.41) is 18.9. The van der Waals surface area contributed by atoms with E-state index in [4.69, 9.17) is 16.3 Å². The predicted molar refractivity (Wildman–Crippen MR) is 71.0 cm³/mol. The second-order valence-corrected chi connectivity index (χ2v) is 4.73. The zero-order valence-corrected chi connectivity index (χ0v) is 11.0. The Morgan fingerprint density at radius 2 is 1.76 bits per heavy atom. The van der Waals surface area contributed by atoms with Gasteiger partial charge in [0.15, 0.2) is 0 Å². The van der Waals surface area contributed by atoms with Crippen molar-refractivity contribution in [2.45, 2.75) is 26.7 Å². The van der Waals surface area contributed by atoms with Crippen molar-refractivity contribution in [2.75, 3.05) is 23.7 Å². The number of hydrogen-bond donors (Lipinski definition) is 1. The molecule has 0 unspecified atom stereocenters. The highest BCUT2D eigenvalue weighted by Crippen LogP contribution is 2.37. The van der Waals surface area contributed by atoms with Crippen molar-refractivity contribution < 1.29 is 0 Å². The van der Waals surface area contributed by atoms with E-state index in [0.717, 1.165) is 30.9 Å². The van der Waals surface area contributed by atoms with E-state index in [0.29, 0.717) is 16.1 Å². The maximum Gasteiger partial charge on any atom is 0.131 e. The van der Waals surface area contributed by atoms with Crippen molar-refractivity contribution in [3.8, 4) is 12.1 Å². The summed E-state index contributed by atoms with van der Waals surface area (Å²) in [6.45, 7) is 5.95. The van der Waals surface area contributed by atoms with Gasteiger partial charge in [0.05, 0.1) is 5.69 Å². The van der Waals surface area contributed by atoms with Gasteiger partial charge in [0.2, 0.25) is 0 Å². The van der Waals surface area contributed by atoms with Crippen LogP contribution in [0.4, 0.5) is 10.7 Å². The second-order valence-electron chi connectivity index (χ2n) is 3.74. The first kappa shape index (κ1) is 13.3. The molecule has 0 aliphatic carbocycles. The van der Waals surface area contributed by atoms with Crippen molar-refractivity contribution in [1.29, 1.82) is 10.5 Å². The summed E-state index contributed by atoms with van der Waals surface area (Å²) in [5.74, 6) is 0. The third-order valence-corrected chi connectivity index (χ3v) is 3.59. The summed E-state index contributed by atoms with van der Waals surface area (Å²) < 4.78 is 0. The van der Waals surface area contributed by atoms with Crippen LogP contribution in [0.2, 0.25) is 0 Å². The Morgan fingerprint density at radius 1 is 1.18 bits per heavy atom. The van der Waals surface area contributed by atoms with Gasteiger partial charge in [-0.25, -0.2) is 0 Å². The largest absolute Gasteiger partial charge is 0.396 e. The molecule has 2 N–H and O–H groups in total. The van der Waals surface area contributed by atoms with Crippen LogP contribution in [0.1, 0.15) is 37.1 Å². The van der Waals surface area contributed by atoms with E-state index in [1.807, 2.05) is 6.07 Å². The van der Waals surface area contributed by atoms with E-state index in [1.54, 1.807) is 0 Å². The minimum absolute atomic E-state index is 0.326. The van der Waals surface area contributed by atoms with Crippen LogP contribution < -0.4 is 10.6 Å². The monoisotopic (exact) mass is 248 g/mol. The van der Waals surface area contributed by atoms with Gasteiger partial charge in [-0.15, -0.1) is 11.3 Å². The number of hydrogen-bond acceptors (Lipinski definition) is 5. The summed E-state index contributed by atoms with van der Waals surface area (Å²) in [6, 6.07) is 4.15. The van der Waals surface area contributed by atoms with Gasteiger partial charge < -0.3 is 10.6 Å². The fourth-order valence-electron chi connectivity index (χ4n) is 1.70. The molecule has 1 heterocycles. The average molecular weight is 248 g/mol. The molecule has 0 fully saturated rings. The Hall–Kier alpha value is -1.72. The van der Waals surface area contributed by atoms with Crippen LogP contribution in [0, 0.1) is 22.7 Å². The van der Waals surface area contributed by atoms with Gasteiger partial charge in [-0.2, -0.15) is 10.5 Å². The lowest BCUT2D eigenvalue weighted by Crippen LogP contribution is -2.24. The third-order valence-electron chi connectivity index (χ3n) is 2.41. The van der Waals surface area contributed by atoms with Crippen molar-refractivity contribution in [3.63, 3.8) is 0 Å². The summed E-state index contributed by atoms with van der Waals surface area (Å²) in [5.41, 5.74) is 6.57. The standard InChI is InChI=1S/C12H16N4S/c1-3-5-16(6-4-2)12-9(7-13)11(15)10(8-14)17-12/h3-6,15H2,1-2H3. The number of nitriles is 2. The molecule has 1 rings (SSSR count). The lowest BCUT2D eigenvalue weighted by atomic mass is 10.2. The van der Waals surface area contributed by atoms with E-state index in [-0.39, 0.29) is 0 Å². The Morgan fingerprint density at radius 3 is 2.18 bits per heavy atom. The van der Waals surface area contributed by atoms with Crippen molar-refractivity contribution in [2.24, 2.45) is 0 Å². The summed E-state index contributed by atoms with van der Waals surface area (Å²) in [6.07, 6.45) is 2.01. The van der Waals surface area contributed by atoms with E-state index in [9.17, 15) is 0 Å². The molecule has 0 aliphatic rings. The Kier molecular flexibility index (Phi) is 4.81. The molecule has 1 aromatic rings. The van der Waals surface area contributed by atoms with E-state index in [1.165, 1.54) is 11.3 Å². The SMILES string of the molecule is CCCN(CCC)c1sc(C#N)c(N)c1C#N. The first-order valence-corrected chi connectivity index (χ1v) is 6.48. The third kappa shape index (κ3) is 2.69. The summed E-state index contributed by atoms with van der Waals surface area (Å²) in [4.78, 5) is 2.58. The molecular weight excluding hydrogens is 232 g/mol. The van der Waals surface area contributed by atoms with Crippen LogP contribution in [0.5, 0.6) is 0 Å². The van der Waals surface area contributed by atoms with Crippen molar-refractivity contribution >= 4 is 22.0 Å². The van der Waals surface area contributed by atoms with E-state index >= 15 is 0 Å². The fraction of sp³-hybridized carbons (Fsp3) is 0.500. The number of thiophene rings is 1. The highest BCUT2D eigenvalue weighted by atomic mass is 32.1. The first-order valence-electron chi connectivity index (χ1n) is 5.66. The van der Waals surface area contributed by atoms with Gasteiger partial charge in [-0.3, -0.25) is 0 Å². The Balaban J connectivity index is 3.19. The van der Waals surface area contributed by atoms with Gasteiger partial charge in [0, 0.05) is 13.1 Å². The summed E-state index contributed by atoms with van der Waals surface area (Å²) >= 11 is 1.32. The highest BCUT2D eigenvalue weighted by molar-refractivity contribution is 7.17. The molecule has 0 atom stereocenters. The molecule has 0 bridgehead atoms. The van der Waals surface area contributed by atoms with Crippen molar-refractivity contribution in [1.82, 2.24) is 0 Å². The molecule has 0 amide bonds. The van der Waals surface area contributed by atoms with E-state index in [2.05, 4.69) is 24.8 Å². The first-order chi connectivity index (χ1) is 8.19. The van der Waals surface area contributed by atoms with Crippen molar-refractivity contribution in [3.05, 3.63) is 10.4 Å². The van der Waals surface area contributed by atoms with Gasteiger partial charge in [-0.1, -0.05) is 13.8 Å². The molecule has 5 heteroatoms. The topological polar surface area (TPSA) is 76.8 Å². The minimum Gasteiger partial charge on any atom is -0.396 e. The quantitative estimate of drug-likeness (QED) is 0.869. The molecule has 0 saturated carbocycles. The van der Waals surface area contributed by atoms with E-state index < -0.39 is 0 Å². The molecular formula is C12H16N4S. The molecule has 90 valence electrons. The van der Waals surface area contributed by atoms with Gasteiger partial charge in [-0.05, 0) is 12.8 Å². The molecule has 0 aromatic carbocycles. The number of anilines is 2. The maximum absolute atomic E-state index is 9.13. The van der Waals surface area contributed by atoms with Gasteiger partial charge in [0.1, 0.15) is 27.6 Å². The van der Waals surface area contributed by atoms with Crippen LogP contribution in [0.3, 0.4) is 0 Å². The number of nitrogen functional groups attached to an aromatic ring is 1.